The normalized spacial score (nSPS) is 14.9. The molecule has 1 aromatic carbocycles. The van der Waals surface area contributed by atoms with E-state index in [4.69, 9.17) is 34.8 Å². The molecule has 6 heteroatoms. The maximum absolute atomic E-state index is 9.82. The summed E-state index contributed by atoms with van der Waals surface area (Å²) in [6.07, 6.45) is -1.56. The molecule has 0 bridgehead atoms. The molecule has 2 atom stereocenters. The third-order valence-electron chi connectivity index (χ3n) is 2.14. The number of aliphatic hydroxyl groups excluding tert-OH is 2. The van der Waals surface area contributed by atoms with Gasteiger partial charge in [-0.1, -0.05) is 34.8 Å². The molecular formula is C10H11Cl3O2S. The number of thiol groups is 1. The number of hydrogen-bond donors (Lipinski definition) is 3. The van der Waals surface area contributed by atoms with Gasteiger partial charge in [-0.15, -0.1) is 0 Å². The van der Waals surface area contributed by atoms with Crippen LogP contribution < -0.4 is 0 Å². The van der Waals surface area contributed by atoms with E-state index in [-0.39, 0.29) is 15.1 Å². The van der Waals surface area contributed by atoms with E-state index in [1.54, 1.807) is 0 Å². The standard InChI is InChI=1S/C10H11Cl3O2S/c11-6-3-5(4-7(12)9(6)13)10(15)8(14)1-2-16/h3-4,8,10,14-16H,1-2H2. The third kappa shape index (κ3) is 3.42. The van der Waals surface area contributed by atoms with Crippen molar-refractivity contribution in [3.05, 3.63) is 32.8 Å². The fourth-order valence-corrected chi connectivity index (χ4v) is 2.14. The lowest BCUT2D eigenvalue weighted by Gasteiger charge is -2.18. The molecule has 0 aliphatic heterocycles. The van der Waals surface area contributed by atoms with Gasteiger partial charge in [-0.2, -0.15) is 12.6 Å². The van der Waals surface area contributed by atoms with Gasteiger partial charge in [0.05, 0.1) is 21.2 Å². The zero-order valence-corrected chi connectivity index (χ0v) is 11.4. The number of hydrogen-bond acceptors (Lipinski definition) is 3. The van der Waals surface area contributed by atoms with Crippen LogP contribution in [0.2, 0.25) is 15.1 Å². The number of aliphatic hydroxyl groups is 2. The second-order valence-corrected chi connectivity index (χ2v) is 4.96. The molecule has 0 heterocycles. The molecule has 0 aliphatic rings. The van der Waals surface area contributed by atoms with Crippen LogP contribution in [0.4, 0.5) is 0 Å². The van der Waals surface area contributed by atoms with E-state index < -0.39 is 12.2 Å². The molecule has 16 heavy (non-hydrogen) atoms. The zero-order valence-electron chi connectivity index (χ0n) is 8.20. The van der Waals surface area contributed by atoms with Crippen LogP contribution in [0.3, 0.4) is 0 Å². The average molecular weight is 302 g/mol. The van der Waals surface area contributed by atoms with Crippen molar-refractivity contribution in [1.82, 2.24) is 0 Å². The van der Waals surface area contributed by atoms with Crippen LogP contribution in [0.25, 0.3) is 0 Å². The van der Waals surface area contributed by atoms with Crippen molar-refractivity contribution in [3.63, 3.8) is 0 Å². The molecule has 90 valence electrons. The first-order valence-corrected chi connectivity index (χ1v) is 6.35. The first-order valence-electron chi connectivity index (χ1n) is 4.58. The molecule has 0 saturated heterocycles. The fourth-order valence-electron chi connectivity index (χ4n) is 1.26. The van der Waals surface area contributed by atoms with Gasteiger partial charge in [0.1, 0.15) is 6.10 Å². The lowest BCUT2D eigenvalue weighted by Crippen LogP contribution is -2.18. The monoisotopic (exact) mass is 300 g/mol. The predicted molar refractivity (Wildman–Crippen MR) is 70.9 cm³/mol. The summed E-state index contributed by atoms with van der Waals surface area (Å²) in [6.45, 7) is 0. The van der Waals surface area contributed by atoms with E-state index in [0.717, 1.165) is 0 Å². The van der Waals surface area contributed by atoms with Crippen LogP contribution in [0.1, 0.15) is 18.1 Å². The first-order chi connectivity index (χ1) is 7.47. The van der Waals surface area contributed by atoms with Crippen molar-refractivity contribution >= 4 is 47.4 Å². The molecule has 0 aromatic heterocycles. The molecule has 0 fully saturated rings. The molecule has 0 spiro atoms. The van der Waals surface area contributed by atoms with Gasteiger partial charge in [0, 0.05) is 0 Å². The molecule has 2 unspecified atom stereocenters. The number of benzene rings is 1. The van der Waals surface area contributed by atoms with Gasteiger partial charge in [0.25, 0.3) is 0 Å². The van der Waals surface area contributed by atoms with Gasteiger partial charge >= 0.3 is 0 Å². The topological polar surface area (TPSA) is 40.5 Å². The zero-order chi connectivity index (χ0) is 12.3. The third-order valence-corrected chi connectivity index (χ3v) is 3.59. The smallest absolute Gasteiger partial charge is 0.105 e. The summed E-state index contributed by atoms with van der Waals surface area (Å²) in [5, 5.41) is 20.2. The van der Waals surface area contributed by atoms with Gasteiger partial charge in [-0.3, -0.25) is 0 Å². The van der Waals surface area contributed by atoms with E-state index >= 15 is 0 Å². The summed E-state index contributed by atoms with van der Waals surface area (Å²) in [6, 6.07) is 2.98. The van der Waals surface area contributed by atoms with Crippen molar-refractivity contribution in [1.29, 1.82) is 0 Å². The molecule has 0 saturated carbocycles. The Morgan fingerprint density at radius 2 is 1.62 bits per heavy atom. The minimum Gasteiger partial charge on any atom is -0.390 e. The quantitative estimate of drug-likeness (QED) is 0.589. The number of halogens is 3. The van der Waals surface area contributed by atoms with Crippen LogP contribution >= 0.6 is 47.4 Å². The maximum atomic E-state index is 9.82. The highest BCUT2D eigenvalue weighted by atomic mass is 35.5. The van der Waals surface area contributed by atoms with Crippen LogP contribution in [0.15, 0.2) is 12.1 Å². The molecule has 2 nitrogen and oxygen atoms in total. The van der Waals surface area contributed by atoms with Crippen LogP contribution in [-0.2, 0) is 0 Å². The summed E-state index contributed by atoms with van der Waals surface area (Å²) < 4.78 is 0. The Hall–Kier alpha value is 0.360. The largest absolute Gasteiger partial charge is 0.390 e. The van der Waals surface area contributed by atoms with Crippen molar-refractivity contribution in [2.45, 2.75) is 18.6 Å². The molecular weight excluding hydrogens is 291 g/mol. The summed E-state index contributed by atoms with van der Waals surface area (Å²) in [4.78, 5) is 0. The molecule has 0 radical (unpaired) electrons. The summed E-state index contributed by atoms with van der Waals surface area (Å²) in [7, 11) is 0. The van der Waals surface area contributed by atoms with Gasteiger partial charge < -0.3 is 10.2 Å². The van der Waals surface area contributed by atoms with Crippen LogP contribution in [0, 0.1) is 0 Å². The highest BCUT2D eigenvalue weighted by Crippen LogP contribution is 2.34. The fraction of sp³-hybridized carbons (Fsp3) is 0.400. The molecule has 2 N–H and O–H groups in total. The van der Waals surface area contributed by atoms with Gasteiger partial charge in [0.2, 0.25) is 0 Å². The Balaban J connectivity index is 2.96. The second-order valence-electron chi connectivity index (χ2n) is 3.32. The average Bonchev–Trinajstić information content (AvgIpc) is 2.24. The summed E-state index contributed by atoms with van der Waals surface area (Å²) >= 11 is 21.4. The minimum absolute atomic E-state index is 0.239. The summed E-state index contributed by atoms with van der Waals surface area (Å²) in [5.41, 5.74) is 0.439. The Morgan fingerprint density at radius 1 is 1.12 bits per heavy atom. The molecule has 1 aromatic rings. The Kier molecular flexibility index (Phi) is 5.71. The van der Waals surface area contributed by atoms with Crippen molar-refractivity contribution in [2.24, 2.45) is 0 Å². The Bertz CT molecular complexity index is 350. The SMILES string of the molecule is OC(CCS)C(O)c1cc(Cl)c(Cl)c(Cl)c1. The highest BCUT2D eigenvalue weighted by Gasteiger charge is 2.19. The van der Waals surface area contributed by atoms with E-state index in [1.807, 2.05) is 0 Å². The van der Waals surface area contributed by atoms with Gasteiger partial charge in [-0.05, 0) is 29.9 Å². The molecule has 1 rings (SSSR count). The minimum atomic E-state index is -1.04. The first kappa shape index (κ1) is 14.4. The Labute approximate surface area is 115 Å². The maximum Gasteiger partial charge on any atom is 0.105 e. The van der Waals surface area contributed by atoms with E-state index in [9.17, 15) is 10.2 Å². The van der Waals surface area contributed by atoms with E-state index in [1.165, 1.54) is 12.1 Å². The van der Waals surface area contributed by atoms with Crippen molar-refractivity contribution in [2.75, 3.05) is 5.75 Å². The predicted octanol–water partition coefficient (Wildman–Crippen LogP) is 3.36. The van der Waals surface area contributed by atoms with Crippen LogP contribution in [0.5, 0.6) is 0 Å². The van der Waals surface area contributed by atoms with Crippen molar-refractivity contribution in [3.8, 4) is 0 Å². The second kappa shape index (κ2) is 6.34. The van der Waals surface area contributed by atoms with Gasteiger partial charge in [0.15, 0.2) is 0 Å². The lowest BCUT2D eigenvalue weighted by atomic mass is 10.0. The van der Waals surface area contributed by atoms with Crippen LogP contribution in [-0.4, -0.2) is 22.1 Å². The number of rotatable bonds is 4. The summed E-state index contributed by atoms with van der Waals surface area (Å²) in [5.74, 6) is 0.479. The van der Waals surface area contributed by atoms with Crippen molar-refractivity contribution < 1.29 is 10.2 Å². The van der Waals surface area contributed by atoms with E-state index in [0.29, 0.717) is 17.7 Å². The Morgan fingerprint density at radius 3 is 2.06 bits per heavy atom. The molecule has 0 aliphatic carbocycles. The lowest BCUT2D eigenvalue weighted by molar-refractivity contribution is 0.0172. The van der Waals surface area contributed by atoms with Gasteiger partial charge in [-0.25, -0.2) is 0 Å². The van der Waals surface area contributed by atoms with E-state index in [2.05, 4.69) is 12.6 Å². The molecule has 0 amide bonds. The highest BCUT2D eigenvalue weighted by molar-refractivity contribution is 7.80.